The van der Waals surface area contributed by atoms with Gasteiger partial charge in [0.05, 0.1) is 0 Å². The van der Waals surface area contributed by atoms with E-state index in [9.17, 15) is 18.0 Å². The summed E-state index contributed by atoms with van der Waals surface area (Å²) in [6.45, 7) is -0.695. The SMILES string of the molecule is CN(CC(=O)O)S(=O)(=O)c1cc(C(=O)O)n(C)c1. The Kier molecular flexibility index (Phi) is 3.77. The molecule has 8 nitrogen and oxygen atoms in total. The van der Waals surface area contributed by atoms with E-state index in [1.807, 2.05) is 0 Å². The third-order valence-electron chi connectivity index (χ3n) is 2.27. The summed E-state index contributed by atoms with van der Waals surface area (Å²) in [4.78, 5) is 21.0. The number of aryl methyl sites for hydroxylation is 1. The molecule has 1 heterocycles. The summed E-state index contributed by atoms with van der Waals surface area (Å²) in [5, 5.41) is 17.3. The number of aromatic nitrogens is 1. The molecule has 1 aromatic rings. The highest BCUT2D eigenvalue weighted by Crippen LogP contribution is 2.17. The summed E-state index contributed by atoms with van der Waals surface area (Å²) in [5.74, 6) is -2.56. The van der Waals surface area contributed by atoms with Gasteiger partial charge in [-0.05, 0) is 6.07 Å². The van der Waals surface area contributed by atoms with Crippen LogP contribution in [0.2, 0.25) is 0 Å². The van der Waals surface area contributed by atoms with Crippen LogP contribution in [0.4, 0.5) is 0 Å². The van der Waals surface area contributed by atoms with Gasteiger partial charge in [-0.2, -0.15) is 4.31 Å². The average molecular weight is 276 g/mol. The van der Waals surface area contributed by atoms with Crippen molar-refractivity contribution in [3.05, 3.63) is 18.0 Å². The number of likely N-dealkylation sites (N-methyl/N-ethyl adjacent to an activating group) is 1. The molecule has 0 saturated heterocycles. The van der Waals surface area contributed by atoms with Crippen LogP contribution in [0.5, 0.6) is 0 Å². The van der Waals surface area contributed by atoms with Crippen molar-refractivity contribution in [3.63, 3.8) is 0 Å². The van der Waals surface area contributed by atoms with Gasteiger partial charge in [-0.25, -0.2) is 13.2 Å². The number of carboxylic acid groups (broad SMARTS) is 2. The number of rotatable bonds is 5. The van der Waals surface area contributed by atoms with Crippen LogP contribution >= 0.6 is 0 Å². The van der Waals surface area contributed by atoms with Crippen molar-refractivity contribution in [2.24, 2.45) is 7.05 Å². The van der Waals surface area contributed by atoms with Gasteiger partial charge < -0.3 is 14.8 Å². The molecule has 100 valence electrons. The van der Waals surface area contributed by atoms with E-state index in [-0.39, 0.29) is 10.6 Å². The minimum Gasteiger partial charge on any atom is -0.480 e. The molecule has 2 N–H and O–H groups in total. The van der Waals surface area contributed by atoms with Crippen LogP contribution in [-0.2, 0) is 21.9 Å². The predicted octanol–water partition coefficient (Wildman–Crippen LogP) is -0.572. The second-order valence-electron chi connectivity index (χ2n) is 3.63. The van der Waals surface area contributed by atoms with Gasteiger partial charge in [-0.3, -0.25) is 4.79 Å². The molecule has 9 heteroatoms. The molecule has 0 spiro atoms. The van der Waals surface area contributed by atoms with Crippen molar-refractivity contribution in [2.75, 3.05) is 13.6 Å². The number of carbonyl (C=O) groups is 2. The zero-order chi connectivity index (χ0) is 14.1. The Morgan fingerprint density at radius 3 is 2.33 bits per heavy atom. The minimum atomic E-state index is -4.00. The van der Waals surface area contributed by atoms with Gasteiger partial charge in [0.1, 0.15) is 17.1 Å². The lowest BCUT2D eigenvalue weighted by Gasteiger charge is -2.13. The fourth-order valence-corrected chi connectivity index (χ4v) is 2.54. The Morgan fingerprint density at radius 2 is 1.94 bits per heavy atom. The van der Waals surface area contributed by atoms with E-state index in [1.54, 1.807) is 0 Å². The quantitative estimate of drug-likeness (QED) is 0.743. The molecule has 0 aromatic carbocycles. The fraction of sp³-hybridized carbons (Fsp3) is 0.333. The summed E-state index contributed by atoms with van der Waals surface area (Å²) in [6.07, 6.45) is 1.12. The molecule has 0 aliphatic carbocycles. The van der Waals surface area contributed by atoms with E-state index in [1.165, 1.54) is 7.05 Å². The Bertz CT molecular complexity index is 588. The Labute approximate surface area is 103 Å². The molecule has 0 saturated carbocycles. The minimum absolute atomic E-state index is 0.197. The van der Waals surface area contributed by atoms with E-state index in [0.717, 1.165) is 23.9 Å². The summed E-state index contributed by atoms with van der Waals surface area (Å²) in [7, 11) is -1.50. The predicted molar refractivity (Wildman–Crippen MR) is 59.8 cm³/mol. The second-order valence-corrected chi connectivity index (χ2v) is 5.68. The molecule has 1 rings (SSSR count). The molecule has 0 amide bonds. The number of sulfonamides is 1. The number of carboxylic acids is 2. The Hall–Kier alpha value is -1.87. The standard InChI is InChI=1S/C9H12N2O6S/c1-10-4-6(3-7(10)9(14)15)18(16,17)11(2)5-8(12)13/h3-4H,5H2,1-2H3,(H,12,13)(H,14,15). The van der Waals surface area contributed by atoms with Crippen LogP contribution in [-0.4, -0.2) is 53.0 Å². The van der Waals surface area contributed by atoms with Crippen molar-refractivity contribution in [2.45, 2.75) is 4.90 Å². The van der Waals surface area contributed by atoms with E-state index >= 15 is 0 Å². The van der Waals surface area contributed by atoms with Gasteiger partial charge in [0, 0.05) is 20.3 Å². The van der Waals surface area contributed by atoms with Crippen LogP contribution in [0.15, 0.2) is 17.2 Å². The van der Waals surface area contributed by atoms with Crippen LogP contribution in [0.3, 0.4) is 0 Å². The van der Waals surface area contributed by atoms with Gasteiger partial charge in [0.15, 0.2) is 0 Å². The average Bonchev–Trinajstić information content (AvgIpc) is 2.59. The zero-order valence-corrected chi connectivity index (χ0v) is 10.5. The lowest BCUT2D eigenvalue weighted by Crippen LogP contribution is -2.31. The molecule has 0 radical (unpaired) electrons. The number of nitrogens with zero attached hydrogens (tertiary/aromatic N) is 2. The lowest BCUT2D eigenvalue weighted by atomic mass is 10.4. The molecular formula is C9H12N2O6S. The van der Waals surface area contributed by atoms with E-state index in [2.05, 4.69) is 0 Å². The van der Waals surface area contributed by atoms with E-state index < -0.39 is 28.5 Å². The lowest BCUT2D eigenvalue weighted by molar-refractivity contribution is -0.137. The van der Waals surface area contributed by atoms with Crippen LogP contribution < -0.4 is 0 Å². The van der Waals surface area contributed by atoms with Gasteiger partial charge >= 0.3 is 11.9 Å². The first-order valence-electron chi connectivity index (χ1n) is 4.74. The van der Waals surface area contributed by atoms with Crippen LogP contribution in [0.1, 0.15) is 10.5 Å². The molecule has 0 unspecified atom stereocenters. The first-order chi connectivity index (χ1) is 8.16. The number of aromatic carboxylic acids is 1. The van der Waals surface area contributed by atoms with Crippen molar-refractivity contribution in [1.82, 2.24) is 8.87 Å². The van der Waals surface area contributed by atoms with Crippen molar-refractivity contribution in [3.8, 4) is 0 Å². The maximum atomic E-state index is 11.9. The van der Waals surface area contributed by atoms with Gasteiger partial charge in [0.25, 0.3) is 0 Å². The maximum absolute atomic E-state index is 11.9. The topological polar surface area (TPSA) is 117 Å². The van der Waals surface area contributed by atoms with E-state index in [0.29, 0.717) is 4.31 Å². The summed E-state index contributed by atoms with van der Waals surface area (Å²) < 4.78 is 25.6. The molecule has 0 bridgehead atoms. The first kappa shape index (κ1) is 14.2. The smallest absolute Gasteiger partial charge is 0.352 e. The highest BCUT2D eigenvalue weighted by atomic mass is 32.2. The second kappa shape index (κ2) is 4.78. The molecule has 0 atom stereocenters. The molecule has 1 aromatic heterocycles. The van der Waals surface area contributed by atoms with E-state index in [4.69, 9.17) is 10.2 Å². The first-order valence-corrected chi connectivity index (χ1v) is 6.18. The highest BCUT2D eigenvalue weighted by molar-refractivity contribution is 7.89. The third kappa shape index (κ3) is 2.68. The molecule has 18 heavy (non-hydrogen) atoms. The third-order valence-corrected chi connectivity index (χ3v) is 4.03. The summed E-state index contributed by atoms with van der Waals surface area (Å²) >= 11 is 0. The summed E-state index contributed by atoms with van der Waals surface area (Å²) in [6, 6.07) is 0.982. The Morgan fingerprint density at radius 1 is 1.39 bits per heavy atom. The molecule has 0 aliphatic rings. The van der Waals surface area contributed by atoms with Crippen LogP contribution in [0.25, 0.3) is 0 Å². The molecular weight excluding hydrogens is 264 g/mol. The van der Waals surface area contributed by atoms with Crippen LogP contribution in [0, 0.1) is 0 Å². The van der Waals surface area contributed by atoms with Crippen molar-refractivity contribution in [1.29, 1.82) is 0 Å². The number of hydrogen-bond donors (Lipinski definition) is 2. The van der Waals surface area contributed by atoms with Crippen molar-refractivity contribution < 1.29 is 28.2 Å². The summed E-state index contributed by atoms with van der Waals surface area (Å²) in [5.41, 5.74) is -0.197. The van der Waals surface area contributed by atoms with Gasteiger partial charge in [-0.1, -0.05) is 0 Å². The van der Waals surface area contributed by atoms with Gasteiger partial charge in [-0.15, -0.1) is 0 Å². The number of aliphatic carboxylic acids is 1. The highest BCUT2D eigenvalue weighted by Gasteiger charge is 2.25. The fourth-order valence-electron chi connectivity index (χ4n) is 1.34. The molecule has 0 aliphatic heterocycles. The monoisotopic (exact) mass is 276 g/mol. The normalized spacial score (nSPS) is 11.7. The largest absolute Gasteiger partial charge is 0.480 e. The number of hydrogen-bond acceptors (Lipinski definition) is 4. The zero-order valence-electron chi connectivity index (χ0n) is 9.69. The Balaban J connectivity index is 3.17. The molecule has 0 fully saturated rings. The van der Waals surface area contributed by atoms with Gasteiger partial charge in [0.2, 0.25) is 10.0 Å². The maximum Gasteiger partial charge on any atom is 0.352 e. The van der Waals surface area contributed by atoms with Crippen molar-refractivity contribution >= 4 is 22.0 Å².